The number of alkyl halides is 1. The van der Waals surface area contributed by atoms with Crippen LogP contribution in [-0.2, 0) is 19.1 Å². The van der Waals surface area contributed by atoms with Gasteiger partial charge in [-0.15, -0.1) is 0 Å². The van der Waals surface area contributed by atoms with E-state index in [4.69, 9.17) is 0 Å². The Morgan fingerprint density at radius 3 is 2.48 bits per heavy atom. The zero-order valence-electron chi connectivity index (χ0n) is 14.9. The fourth-order valence-corrected chi connectivity index (χ4v) is 2.94. The molecule has 27 heavy (non-hydrogen) atoms. The number of hydrogen-bond acceptors (Lipinski definition) is 4. The Balaban J connectivity index is 1.98. The van der Waals surface area contributed by atoms with E-state index in [0.717, 1.165) is 18.1 Å². The van der Waals surface area contributed by atoms with E-state index in [1.807, 2.05) is 24.3 Å². The van der Waals surface area contributed by atoms with Crippen LogP contribution in [0.1, 0.15) is 25.5 Å². The van der Waals surface area contributed by atoms with Crippen LogP contribution in [0.5, 0.6) is 0 Å². The van der Waals surface area contributed by atoms with Crippen molar-refractivity contribution in [1.29, 1.82) is 0 Å². The molecule has 0 bridgehead atoms. The van der Waals surface area contributed by atoms with E-state index < -0.39 is 29.5 Å². The molecule has 2 aromatic carbocycles. The molecule has 2 amide bonds. The van der Waals surface area contributed by atoms with Crippen molar-refractivity contribution in [3.63, 3.8) is 0 Å². The number of anilines is 1. The molecular weight excluding hydrogens is 351 g/mol. The molecule has 0 saturated carbocycles. The third-order valence-electron chi connectivity index (χ3n) is 4.37. The van der Waals surface area contributed by atoms with Crippen LogP contribution < -0.4 is 10.6 Å². The van der Waals surface area contributed by atoms with Gasteiger partial charge in [-0.1, -0.05) is 42.5 Å². The third kappa shape index (κ3) is 3.40. The molecule has 0 aromatic heterocycles. The van der Waals surface area contributed by atoms with Crippen LogP contribution in [0.25, 0.3) is 11.1 Å². The molecule has 6 nitrogen and oxygen atoms in total. The van der Waals surface area contributed by atoms with Gasteiger partial charge in [0.15, 0.2) is 0 Å². The average Bonchev–Trinajstić information content (AvgIpc) is 2.77. The van der Waals surface area contributed by atoms with Crippen LogP contribution in [-0.4, -0.2) is 30.1 Å². The van der Waals surface area contributed by atoms with Gasteiger partial charge in [0.1, 0.15) is 6.04 Å². The Morgan fingerprint density at radius 2 is 1.78 bits per heavy atom. The highest BCUT2D eigenvalue weighted by molar-refractivity contribution is 6.09. The maximum Gasteiger partial charge on any atom is 0.353 e. The maximum absolute atomic E-state index is 14.7. The molecule has 0 spiro atoms. The van der Waals surface area contributed by atoms with Crippen molar-refractivity contribution >= 4 is 23.5 Å². The van der Waals surface area contributed by atoms with Crippen molar-refractivity contribution < 1.29 is 23.5 Å². The molecule has 1 unspecified atom stereocenters. The molecule has 7 heteroatoms. The van der Waals surface area contributed by atoms with E-state index in [2.05, 4.69) is 15.4 Å². The number of fused-ring (bicyclic) bond motifs is 3. The minimum atomic E-state index is -2.91. The van der Waals surface area contributed by atoms with E-state index in [9.17, 15) is 18.8 Å². The lowest BCUT2D eigenvalue weighted by molar-refractivity contribution is -0.162. The fourth-order valence-electron chi connectivity index (χ4n) is 2.94. The molecule has 2 aromatic rings. The molecule has 1 aliphatic rings. The SMILES string of the molecule is CCOC(=O)C(C)(F)C(=O)N[C@@H]1C(=O)Nc2ccccc2-c2ccccc21. The Labute approximate surface area is 155 Å². The predicted molar refractivity (Wildman–Crippen MR) is 97.5 cm³/mol. The Morgan fingerprint density at radius 1 is 1.15 bits per heavy atom. The first-order valence-electron chi connectivity index (χ1n) is 8.52. The summed E-state index contributed by atoms with van der Waals surface area (Å²) in [6.07, 6.45) is 0. The van der Waals surface area contributed by atoms with Gasteiger partial charge in [-0.25, -0.2) is 9.18 Å². The molecule has 140 valence electrons. The molecule has 0 radical (unpaired) electrons. The highest BCUT2D eigenvalue weighted by Gasteiger charge is 2.45. The summed E-state index contributed by atoms with van der Waals surface area (Å²) in [4.78, 5) is 36.9. The van der Waals surface area contributed by atoms with Gasteiger partial charge in [0.2, 0.25) is 0 Å². The standard InChI is InChI=1S/C20H19FN2O4/c1-3-27-19(26)20(2,21)18(25)23-16-14-10-5-4-8-12(14)13-9-6-7-11-15(13)22-17(16)24/h4-11,16H,3H2,1-2H3,(H,22,24)(H,23,25)/t16-,20?/m0/s1. The highest BCUT2D eigenvalue weighted by Crippen LogP contribution is 2.37. The molecule has 2 N–H and O–H groups in total. The summed E-state index contributed by atoms with van der Waals surface area (Å²) in [5.41, 5.74) is -0.308. The van der Waals surface area contributed by atoms with E-state index in [-0.39, 0.29) is 6.61 Å². The Hall–Kier alpha value is -3.22. The summed E-state index contributed by atoms with van der Waals surface area (Å²) < 4.78 is 19.3. The largest absolute Gasteiger partial charge is 0.463 e. The van der Waals surface area contributed by atoms with Crippen molar-refractivity contribution in [3.05, 3.63) is 54.1 Å². The van der Waals surface area contributed by atoms with Gasteiger partial charge in [0.05, 0.1) is 6.61 Å². The summed E-state index contributed by atoms with van der Waals surface area (Å²) in [6.45, 7) is 2.27. The van der Waals surface area contributed by atoms with E-state index in [0.29, 0.717) is 11.3 Å². The maximum atomic E-state index is 14.7. The lowest BCUT2D eigenvalue weighted by Gasteiger charge is -2.23. The zero-order chi connectivity index (χ0) is 19.6. The van der Waals surface area contributed by atoms with Crippen molar-refractivity contribution in [3.8, 4) is 11.1 Å². The summed E-state index contributed by atoms with van der Waals surface area (Å²) in [7, 11) is 0. The van der Waals surface area contributed by atoms with Crippen LogP contribution in [0.15, 0.2) is 48.5 Å². The van der Waals surface area contributed by atoms with Crippen LogP contribution in [0.2, 0.25) is 0 Å². The first kappa shape index (κ1) is 18.6. The lowest BCUT2D eigenvalue weighted by atomic mass is 9.95. The molecular formula is C20H19FN2O4. The van der Waals surface area contributed by atoms with Crippen LogP contribution >= 0.6 is 0 Å². The predicted octanol–water partition coefficient (Wildman–Crippen LogP) is 2.75. The minimum absolute atomic E-state index is 0.0618. The van der Waals surface area contributed by atoms with E-state index in [1.54, 1.807) is 24.3 Å². The number of amides is 2. The van der Waals surface area contributed by atoms with Gasteiger partial charge >= 0.3 is 5.97 Å². The normalized spacial score (nSPS) is 17.4. The average molecular weight is 370 g/mol. The van der Waals surface area contributed by atoms with Crippen LogP contribution in [0.4, 0.5) is 10.1 Å². The van der Waals surface area contributed by atoms with Crippen LogP contribution in [0, 0.1) is 0 Å². The summed E-state index contributed by atoms with van der Waals surface area (Å²) in [6, 6.07) is 13.1. The number of halogens is 1. The first-order chi connectivity index (χ1) is 12.9. The lowest BCUT2D eigenvalue weighted by Crippen LogP contribution is -2.50. The number of hydrogen-bond donors (Lipinski definition) is 2. The Kier molecular flexibility index (Phi) is 4.94. The number of carbonyl (C=O) groups excluding carboxylic acids is 3. The quantitative estimate of drug-likeness (QED) is 0.640. The third-order valence-corrected chi connectivity index (χ3v) is 4.37. The molecule has 0 saturated heterocycles. The summed E-state index contributed by atoms with van der Waals surface area (Å²) in [5.74, 6) is -3.06. The van der Waals surface area contributed by atoms with Gasteiger partial charge in [-0.3, -0.25) is 9.59 Å². The summed E-state index contributed by atoms with van der Waals surface area (Å²) in [5, 5.41) is 5.09. The number of benzene rings is 2. The number of nitrogens with one attached hydrogen (secondary N) is 2. The van der Waals surface area contributed by atoms with Crippen molar-refractivity contribution in [2.75, 3.05) is 11.9 Å². The van der Waals surface area contributed by atoms with Gasteiger partial charge in [0.25, 0.3) is 17.5 Å². The second-order valence-electron chi connectivity index (χ2n) is 6.25. The fraction of sp³-hybridized carbons (Fsp3) is 0.250. The molecule has 2 atom stereocenters. The van der Waals surface area contributed by atoms with Gasteiger partial charge in [0, 0.05) is 11.3 Å². The van der Waals surface area contributed by atoms with Crippen LogP contribution in [0.3, 0.4) is 0 Å². The van der Waals surface area contributed by atoms with Gasteiger partial charge < -0.3 is 15.4 Å². The molecule has 1 aliphatic heterocycles. The molecule has 1 heterocycles. The number of para-hydroxylation sites is 1. The molecule has 3 rings (SSSR count). The Bertz CT molecular complexity index is 910. The van der Waals surface area contributed by atoms with Gasteiger partial charge in [-0.2, -0.15) is 0 Å². The number of rotatable bonds is 4. The monoisotopic (exact) mass is 370 g/mol. The highest BCUT2D eigenvalue weighted by atomic mass is 19.1. The molecule has 0 fully saturated rings. The summed E-state index contributed by atoms with van der Waals surface area (Å²) >= 11 is 0. The van der Waals surface area contributed by atoms with Gasteiger partial charge in [-0.05, 0) is 31.0 Å². The number of esters is 1. The smallest absolute Gasteiger partial charge is 0.353 e. The first-order valence-corrected chi connectivity index (χ1v) is 8.52. The minimum Gasteiger partial charge on any atom is -0.463 e. The molecule has 0 aliphatic carbocycles. The topological polar surface area (TPSA) is 84.5 Å². The van der Waals surface area contributed by atoms with E-state index in [1.165, 1.54) is 6.92 Å². The number of ether oxygens (including phenoxy) is 1. The van der Waals surface area contributed by atoms with Crippen molar-refractivity contribution in [2.45, 2.75) is 25.6 Å². The number of carbonyl (C=O) groups is 3. The van der Waals surface area contributed by atoms with E-state index >= 15 is 0 Å². The van der Waals surface area contributed by atoms with Crippen molar-refractivity contribution in [2.24, 2.45) is 0 Å². The zero-order valence-corrected chi connectivity index (χ0v) is 14.9. The second kappa shape index (κ2) is 7.19. The van der Waals surface area contributed by atoms with Crippen molar-refractivity contribution in [1.82, 2.24) is 5.32 Å². The second-order valence-corrected chi connectivity index (χ2v) is 6.25.